The number of carbonyl (C=O) groups excluding carboxylic acids is 4. The molecule has 6 bridgehead atoms. The van der Waals surface area contributed by atoms with Crippen LogP contribution in [-0.4, -0.2) is 151 Å². The van der Waals surface area contributed by atoms with Crippen molar-refractivity contribution in [3.63, 3.8) is 0 Å². The standard InChI is InChI=1S/C63H80N8O10S/c1-10-70-54-20-17-43-34-49(54)51(57(70)50-31-40(36-65-55(50)39(4)79-9)13-11-24-68(7)46-22-27-82(77,78)28-23-46)35-63(5,6)37-81-62(76)52-14-12-25-71(67-52)60(74)53(32-41-29-44(43)33-47(72)30-41)66-59(73)56(38(2)3)69(8)61(75)58-48(21-26-80-58)42-15-18-45(64)19-16-42/h15-20,29-31,33-34,36,38-39,46,48,52-53,56,58,67,72H,10,12,14,21-28,32,35,37,64H2,1-9H3,(H,66,73). The van der Waals surface area contributed by atoms with Crippen molar-refractivity contribution in [1.82, 2.24) is 35.1 Å². The number of nitrogens with zero attached hydrogens (tertiary/aromatic N) is 5. The van der Waals surface area contributed by atoms with E-state index in [4.69, 9.17) is 24.9 Å². The van der Waals surface area contributed by atoms with Crippen LogP contribution in [0.5, 0.6) is 5.75 Å². The van der Waals surface area contributed by atoms with E-state index in [9.17, 15) is 32.7 Å². The first-order valence-corrected chi connectivity index (χ1v) is 30.6. The van der Waals surface area contributed by atoms with Crippen LogP contribution in [0, 0.1) is 23.2 Å². The van der Waals surface area contributed by atoms with Crippen LogP contribution in [0.15, 0.2) is 72.9 Å². The largest absolute Gasteiger partial charge is 0.508 e. The van der Waals surface area contributed by atoms with Gasteiger partial charge in [-0.3, -0.25) is 34.1 Å². The molecule has 3 fully saturated rings. The molecule has 3 aromatic carbocycles. The lowest BCUT2D eigenvalue weighted by atomic mass is 9.84. The number of hydrogen-bond donors (Lipinski definition) is 4. The van der Waals surface area contributed by atoms with Gasteiger partial charge in [0.1, 0.15) is 39.8 Å². The van der Waals surface area contributed by atoms with Crippen LogP contribution in [0.25, 0.3) is 33.3 Å². The van der Waals surface area contributed by atoms with E-state index in [1.165, 1.54) is 9.91 Å². The fourth-order valence-corrected chi connectivity index (χ4v) is 13.8. The van der Waals surface area contributed by atoms with Gasteiger partial charge in [-0.05, 0) is 136 Å². The Labute approximate surface area is 482 Å². The molecule has 5 aromatic rings. The number of likely N-dealkylation sites (N-methyl/N-ethyl adjacent to an activating group) is 1. The zero-order chi connectivity index (χ0) is 58.8. The number of nitrogens with two attached hydrogens (primary N) is 1. The summed E-state index contributed by atoms with van der Waals surface area (Å²) in [5.74, 6) is 4.47. The van der Waals surface area contributed by atoms with Gasteiger partial charge in [0.25, 0.3) is 11.8 Å². The number of fused-ring (bicyclic) bond motifs is 6. The molecule has 438 valence electrons. The summed E-state index contributed by atoms with van der Waals surface area (Å²) in [4.78, 5) is 67.0. The molecular weight excluding hydrogens is 1060 g/mol. The van der Waals surface area contributed by atoms with E-state index in [1.54, 1.807) is 44.6 Å². The number of aryl methyl sites for hydroxylation is 1. The van der Waals surface area contributed by atoms with Gasteiger partial charge in [0.15, 0.2) is 0 Å². The summed E-state index contributed by atoms with van der Waals surface area (Å²) in [5, 5.41) is 16.9. The maximum atomic E-state index is 15.0. The molecule has 19 heteroatoms. The number of phenolic OH excluding ortho intramolecular Hbond substituents is 1. The normalized spacial score (nSPS) is 22.0. The van der Waals surface area contributed by atoms with E-state index < -0.39 is 63.4 Å². The van der Waals surface area contributed by atoms with Crippen LogP contribution in [-0.2, 0) is 62.6 Å². The van der Waals surface area contributed by atoms with Gasteiger partial charge in [-0.1, -0.05) is 63.8 Å². The highest BCUT2D eigenvalue weighted by molar-refractivity contribution is 7.91. The van der Waals surface area contributed by atoms with Crippen LogP contribution < -0.4 is 16.5 Å². The van der Waals surface area contributed by atoms with Gasteiger partial charge >= 0.3 is 5.97 Å². The van der Waals surface area contributed by atoms with Crippen LogP contribution in [0.2, 0.25) is 0 Å². The number of esters is 1. The summed E-state index contributed by atoms with van der Waals surface area (Å²) >= 11 is 0. The molecule has 9 rings (SSSR count). The molecule has 6 heterocycles. The number of sulfone groups is 1. The lowest BCUT2D eigenvalue weighted by Crippen LogP contribution is -2.62. The predicted molar refractivity (Wildman–Crippen MR) is 316 cm³/mol. The number of hydrazine groups is 1. The van der Waals surface area contributed by atoms with Gasteiger partial charge in [0, 0.05) is 91.6 Å². The number of pyridine rings is 1. The molecule has 82 heavy (non-hydrogen) atoms. The molecule has 0 aliphatic carbocycles. The minimum Gasteiger partial charge on any atom is -0.508 e. The number of cyclic esters (lactones) is 1. The number of phenols is 1. The highest BCUT2D eigenvalue weighted by Crippen LogP contribution is 2.43. The second kappa shape index (κ2) is 25.0. The number of nitrogens with one attached hydrogen (secondary N) is 2. The molecule has 0 spiro atoms. The van der Waals surface area contributed by atoms with Crippen molar-refractivity contribution in [2.45, 2.75) is 135 Å². The highest BCUT2D eigenvalue weighted by Gasteiger charge is 2.43. The van der Waals surface area contributed by atoms with Crippen molar-refractivity contribution in [3.8, 4) is 40.0 Å². The topological polar surface area (TPSA) is 228 Å². The van der Waals surface area contributed by atoms with Crippen LogP contribution >= 0.6 is 0 Å². The number of anilines is 1. The molecule has 2 aromatic heterocycles. The van der Waals surface area contributed by atoms with Crippen LogP contribution in [0.4, 0.5) is 5.69 Å². The first-order chi connectivity index (χ1) is 39.0. The first-order valence-electron chi connectivity index (χ1n) is 28.7. The number of methoxy groups -OCH3 is 1. The molecule has 4 aliphatic rings. The second-order valence-corrected chi connectivity index (χ2v) is 26.1. The Kier molecular flexibility index (Phi) is 18.2. The highest BCUT2D eigenvalue weighted by atomic mass is 32.2. The number of benzene rings is 3. The van der Waals surface area contributed by atoms with E-state index in [0.717, 1.165) is 44.5 Å². The molecule has 0 saturated carbocycles. The summed E-state index contributed by atoms with van der Waals surface area (Å²) in [6.07, 6.45) is 3.60. The number of rotatable bonds is 12. The second-order valence-electron chi connectivity index (χ2n) is 23.8. The predicted octanol–water partition coefficient (Wildman–Crippen LogP) is 6.95. The number of aromatic nitrogens is 2. The van der Waals surface area contributed by atoms with Gasteiger partial charge in [-0.2, -0.15) is 0 Å². The molecule has 5 N–H and O–H groups in total. The fourth-order valence-electron chi connectivity index (χ4n) is 12.3. The zero-order valence-corrected chi connectivity index (χ0v) is 49.6. The van der Waals surface area contributed by atoms with E-state index in [0.29, 0.717) is 80.6 Å². The molecular formula is C63H80N8O10S. The Hall–Kier alpha value is -6.82. The summed E-state index contributed by atoms with van der Waals surface area (Å²) in [5.41, 5.74) is 17.2. The monoisotopic (exact) mass is 1140 g/mol. The molecule has 3 amide bonds. The molecule has 18 nitrogen and oxygen atoms in total. The number of ether oxygens (including phenoxy) is 3. The van der Waals surface area contributed by atoms with Gasteiger partial charge in [-0.25, -0.2) is 13.8 Å². The van der Waals surface area contributed by atoms with Crippen molar-refractivity contribution < 1.29 is 46.9 Å². The Balaban J connectivity index is 1.10. The van der Waals surface area contributed by atoms with Crippen molar-refractivity contribution in [3.05, 3.63) is 101 Å². The lowest BCUT2D eigenvalue weighted by molar-refractivity contribution is -0.155. The average Bonchev–Trinajstić information content (AvgIpc) is 3.54. The van der Waals surface area contributed by atoms with Gasteiger partial charge in [0.2, 0.25) is 5.91 Å². The molecule has 6 atom stereocenters. The van der Waals surface area contributed by atoms with E-state index in [-0.39, 0.29) is 60.6 Å². The first kappa shape index (κ1) is 59.8. The minimum atomic E-state index is -3.00. The Morgan fingerprint density at radius 2 is 1.74 bits per heavy atom. The Bertz CT molecular complexity index is 3370. The maximum absolute atomic E-state index is 15.0. The third-order valence-electron chi connectivity index (χ3n) is 16.8. The van der Waals surface area contributed by atoms with Crippen molar-refractivity contribution in [2.75, 3.05) is 64.7 Å². The van der Waals surface area contributed by atoms with E-state index >= 15 is 0 Å². The zero-order valence-electron chi connectivity index (χ0n) is 48.8. The SMILES string of the molecule is CCn1c(-c2cc(C#CCN(C)C3CCS(=O)(=O)CC3)cnc2C(C)OC)c2c3cc(ccc31)-c1cc(O)cc(c1)CC(NC(=O)C(C(C)C)N(C)C(=O)C1OCCC1c1ccc(N)cc1)C(=O)N1CCCC(N1)C(=O)OCC(C)(C)C2. The van der Waals surface area contributed by atoms with Gasteiger partial charge in [0.05, 0.1) is 42.1 Å². The van der Waals surface area contributed by atoms with Gasteiger partial charge in [-0.15, -0.1) is 0 Å². The number of nitrogen functional groups attached to an aromatic ring is 1. The van der Waals surface area contributed by atoms with Crippen molar-refractivity contribution in [1.29, 1.82) is 0 Å². The van der Waals surface area contributed by atoms with Crippen LogP contribution in [0.3, 0.4) is 0 Å². The minimum absolute atomic E-state index is 0.0377. The van der Waals surface area contributed by atoms with Crippen molar-refractivity contribution in [2.24, 2.45) is 11.3 Å². The molecule has 4 aliphatic heterocycles. The summed E-state index contributed by atoms with van der Waals surface area (Å²) in [7, 11) is 2.23. The van der Waals surface area contributed by atoms with E-state index in [2.05, 4.69) is 71.0 Å². The Morgan fingerprint density at radius 3 is 2.45 bits per heavy atom. The summed E-state index contributed by atoms with van der Waals surface area (Å²) in [6.45, 7) is 13.6. The lowest BCUT2D eigenvalue weighted by Gasteiger charge is -2.37. The number of aromatic hydroxyl groups is 1. The molecule has 3 saturated heterocycles. The number of hydrogen-bond acceptors (Lipinski definition) is 14. The molecule has 0 radical (unpaired) electrons. The summed E-state index contributed by atoms with van der Waals surface area (Å²) < 4.78 is 44.8. The smallest absolute Gasteiger partial charge is 0.324 e. The van der Waals surface area contributed by atoms with Gasteiger partial charge < -0.3 is 39.8 Å². The van der Waals surface area contributed by atoms with E-state index in [1.807, 2.05) is 52.1 Å². The Morgan fingerprint density at radius 1 is 1.00 bits per heavy atom. The fraction of sp³-hybridized carbons (Fsp3) is 0.508. The van der Waals surface area contributed by atoms with Crippen LogP contribution in [0.1, 0.15) is 114 Å². The maximum Gasteiger partial charge on any atom is 0.324 e. The summed E-state index contributed by atoms with van der Waals surface area (Å²) in [6, 6.07) is 17.9. The van der Waals surface area contributed by atoms with Crippen molar-refractivity contribution >= 4 is 50.1 Å². The number of carbonyl (C=O) groups is 4. The molecule has 6 unspecified atom stereocenters. The number of amides is 3. The third kappa shape index (κ3) is 13.2. The average molecular weight is 1140 g/mol. The quantitative estimate of drug-likeness (QED) is 0.0564. The third-order valence-corrected chi connectivity index (χ3v) is 18.5.